The van der Waals surface area contributed by atoms with Crippen LogP contribution in [0.25, 0.3) is 0 Å². The summed E-state index contributed by atoms with van der Waals surface area (Å²) in [7, 11) is 1.34. The van der Waals surface area contributed by atoms with Gasteiger partial charge in [-0.05, 0) is 12.1 Å². The molecule has 1 aromatic carbocycles. The number of anilines is 1. The van der Waals surface area contributed by atoms with Crippen LogP contribution in [0, 0.1) is 11.6 Å². The van der Waals surface area contributed by atoms with E-state index < -0.39 is 11.6 Å². The molecule has 0 saturated carbocycles. The Morgan fingerprint density at radius 1 is 1.17 bits per heavy atom. The number of amides is 1. The number of carbonyl (C=O) groups excluding carboxylic acids is 1. The first-order chi connectivity index (χ1) is 8.61. The second kappa shape index (κ2) is 5.20. The van der Waals surface area contributed by atoms with Gasteiger partial charge >= 0.3 is 6.09 Å². The summed E-state index contributed by atoms with van der Waals surface area (Å²) in [6, 6.07) is 3.81. The maximum atomic E-state index is 13.1. The molecule has 1 saturated heterocycles. The Labute approximate surface area is 104 Å². The Kier molecular flexibility index (Phi) is 3.64. The van der Waals surface area contributed by atoms with Crippen LogP contribution < -0.4 is 4.90 Å². The molecule has 4 nitrogen and oxygen atoms in total. The van der Waals surface area contributed by atoms with Gasteiger partial charge in [0.15, 0.2) is 11.6 Å². The molecule has 0 unspecified atom stereocenters. The van der Waals surface area contributed by atoms with E-state index in [4.69, 9.17) is 0 Å². The third-order valence-corrected chi connectivity index (χ3v) is 2.98. The number of carbonyl (C=O) groups is 1. The number of hydrogen-bond acceptors (Lipinski definition) is 3. The summed E-state index contributed by atoms with van der Waals surface area (Å²) >= 11 is 0. The molecule has 1 aliphatic rings. The zero-order valence-electron chi connectivity index (χ0n) is 10.0. The zero-order valence-corrected chi connectivity index (χ0v) is 10.0. The molecule has 0 radical (unpaired) electrons. The van der Waals surface area contributed by atoms with Gasteiger partial charge < -0.3 is 14.5 Å². The van der Waals surface area contributed by atoms with E-state index in [0.29, 0.717) is 31.9 Å². The first-order valence-corrected chi connectivity index (χ1v) is 5.64. The first-order valence-electron chi connectivity index (χ1n) is 5.64. The minimum Gasteiger partial charge on any atom is -0.453 e. The topological polar surface area (TPSA) is 32.8 Å². The Bertz CT molecular complexity index is 446. The fourth-order valence-corrected chi connectivity index (χ4v) is 1.96. The van der Waals surface area contributed by atoms with Crippen molar-refractivity contribution in [2.75, 3.05) is 38.2 Å². The summed E-state index contributed by atoms with van der Waals surface area (Å²) in [5.74, 6) is -1.71. The normalized spacial score (nSPS) is 15.7. The average Bonchev–Trinajstić information content (AvgIpc) is 2.41. The monoisotopic (exact) mass is 256 g/mol. The Morgan fingerprint density at radius 3 is 2.39 bits per heavy atom. The molecule has 0 spiro atoms. The van der Waals surface area contributed by atoms with Gasteiger partial charge in [0.25, 0.3) is 0 Å². The van der Waals surface area contributed by atoms with Crippen LogP contribution in [0.4, 0.5) is 19.3 Å². The van der Waals surface area contributed by atoms with Gasteiger partial charge in [-0.1, -0.05) is 0 Å². The van der Waals surface area contributed by atoms with Crippen LogP contribution in [-0.4, -0.2) is 44.3 Å². The molecule has 0 aromatic heterocycles. The van der Waals surface area contributed by atoms with E-state index in [1.165, 1.54) is 19.2 Å². The molecule has 0 N–H and O–H groups in total. The lowest BCUT2D eigenvalue weighted by Gasteiger charge is -2.35. The Morgan fingerprint density at radius 2 is 1.83 bits per heavy atom. The van der Waals surface area contributed by atoms with Crippen molar-refractivity contribution in [3.63, 3.8) is 0 Å². The maximum Gasteiger partial charge on any atom is 0.409 e. The highest BCUT2D eigenvalue weighted by atomic mass is 19.2. The highest BCUT2D eigenvalue weighted by Crippen LogP contribution is 2.19. The van der Waals surface area contributed by atoms with Crippen LogP contribution in [0.3, 0.4) is 0 Å². The Balaban J connectivity index is 2.01. The summed E-state index contributed by atoms with van der Waals surface area (Å²) in [5, 5.41) is 0. The Hall–Kier alpha value is -1.85. The SMILES string of the molecule is COC(=O)N1CCN(c2ccc(F)c(F)c2)CC1. The van der Waals surface area contributed by atoms with Crippen LogP contribution in [0.1, 0.15) is 0 Å². The van der Waals surface area contributed by atoms with Gasteiger partial charge in [0, 0.05) is 37.9 Å². The number of nitrogens with zero attached hydrogens (tertiary/aromatic N) is 2. The van der Waals surface area contributed by atoms with Gasteiger partial charge in [0.05, 0.1) is 7.11 Å². The van der Waals surface area contributed by atoms with Gasteiger partial charge in [-0.25, -0.2) is 13.6 Å². The minimum atomic E-state index is -0.858. The third-order valence-electron chi connectivity index (χ3n) is 2.98. The zero-order chi connectivity index (χ0) is 13.1. The lowest BCUT2D eigenvalue weighted by atomic mass is 10.2. The van der Waals surface area contributed by atoms with Gasteiger partial charge in [0.1, 0.15) is 0 Å². The largest absolute Gasteiger partial charge is 0.453 e. The van der Waals surface area contributed by atoms with Crippen LogP contribution in [0.5, 0.6) is 0 Å². The summed E-state index contributed by atoms with van der Waals surface area (Å²) < 4.78 is 30.5. The van der Waals surface area contributed by atoms with E-state index in [-0.39, 0.29) is 6.09 Å². The second-order valence-corrected chi connectivity index (χ2v) is 4.04. The number of piperazine rings is 1. The molecule has 1 amide bonds. The number of benzene rings is 1. The van der Waals surface area contributed by atoms with Gasteiger partial charge in [-0.2, -0.15) is 0 Å². The predicted octanol–water partition coefficient (Wildman–Crippen LogP) is 1.85. The number of methoxy groups -OCH3 is 1. The van der Waals surface area contributed by atoms with E-state index >= 15 is 0 Å². The minimum absolute atomic E-state index is 0.361. The smallest absolute Gasteiger partial charge is 0.409 e. The van der Waals surface area contributed by atoms with E-state index in [0.717, 1.165) is 6.07 Å². The van der Waals surface area contributed by atoms with Crippen molar-refractivity contribution in [1.29, 1.82) is 0 Å². The number of rotatable bonds is 1. The molecule has 1 aromatic rings. The molecule has 1 heterocycles. The fourth-order valence-electron chi connectivity index (χ4n) is 1.96. The summed E-state index contributed by atoms with van der Waals surface area (Å²) in [6.07, 6.45) is -0.361. The van der Waals surface area contributed by atoms with Crippen LogP contribution in [-0.2, 0) is 4.74 Å². The molecular weight excluding hydrogens is 242 g/mol. The second-order valence-electron chi connectivity index (χ2n) is 4.04. The van der Waals surface area contributed by atoms with Crippen molar-refractivity contribution in [2.45, 2.75) is 0 Å². The van der Waals surface area contributed by atoms with E-state index in [1.807, 2.05) is 4.90 Å². The fraction of sp³-hybridized carbons (Fsp3) is 0.417. The van der Waals surface area contributed by atoms with Crippen molar-refractivity contribution >= 4 is 11.8 Å². The molecule has 18 heavy (non-hydrogen) atoms. The molecule has 0 bridgehead atoms. The van der Waals surface area contributed by atoms with Crippen molar-refractivity contribution < 1.29 is 18.3 Å². The number of halogens is 2. The van der Waals surface area contributed by atoms with Crippen molar-refractivity contribution in [3.05, 3.63) is 29.8 Å². The average molecular weight is 256 g/mol. The molecule has 0 atom stereocenters. The molecule has 98 valence electrons. The highest BCUT2D eigenvalue weighted by Gasteiger charge is 2.22. The van der Waals surface area contributed by atoms with Crippen molar-refractivity contribution in [1.82, 2.24) is 4.90 Å². The quantitative estimate of drug-likeness (QED) is 0.768. The van der Waals surface area contributed by atoms with Crippen LogP contribution in [0.15, 0.2) is 18.2 Å². The van der Waals surface area contributed by atoms with Gasteiger partial charge in [0.2, 0.25) is 0 Å². The van der Waals surface area contributed by atoms with Crippen molar-refractivity contribution in [2.24, 2.45) is 0 Å². The lowest BCUT2D eigenvalue weighted by Crippen LogP contribution is -2.48. The molecule has 6 heteroatoms. The summed E-state index contributed by atoms with van der Waals surface area (Å²) in [4.78, 5) is 14.8. The van der Waals surface area contributed by atoms with Gasteiger partial charge in [-0.15, -0.1) is 0 Å². The molecule has 1 aliphatic heterocycles. The molecule has 1 fully saturated rings. The summed E-state index contributed by atoms with van der Waals surface area (Å²) in [5.41, 5.74) is 0.624. The first kappa shape index (κ1) is 12.6. The molecule has 2 rings (SSSR count). The molecule has 0 aliphatic carbocycles. The van der Waals surface area contributed by atoms with Crippen LogP contribution >= 0.6 is 0 Å². The van der Waals surface area contributed by atoms with Crippen molar-refractivity contribution in [3.8, 4) is 0 Å². The van der Waals surface area contributed by atoms with Gasteiger partial charge in [-0.3, -0.25) is 0 Å². The van der Waals surface area contributed by atoms with Crippen LogP contribution in [0.2, 0.25) is 0 Å². The maximum absolute atomic E-state index is 13.1. The third kappa shape index (κ3) is 2.52. The standard InChI is InChI=1S/C12H14F2N2O2/c1-18-12(17)16-6-4-15(5-7-16)9-2-3-10(13)11(14)8-9/h2-3,8H,4-7H2,1H3. The van der Waals surface area contributed by atoms with E-state index in [9.17, 15) is 13.6 Å². The predicted molar refractivity (Wildman–Crippen MR) is 62.5 cm³/mol. The lowest BCUT2D eigenvalue weighted by molar-refractivity contribution is 0.121. The number of ether oxygens (including phenoxy) is 1. The molecular formula is C12H14F2N2O2. The van der Waals surface area contributed by atoms with E-state index in [2.05, 4.69) is 4.74 Å². The highest BCUT2D eigenvalue weighted by molar-refractivity contribution is 5.68. The number of hydrogen-bond donors (Lipinski definition) is 0. The summed E-state index contributed by atoms with van der Waals surface area (Å²) in [6.45, 7) is 2.15. The van der Waals surface area contributed by atoms with E-state index in [1.54, 1.807) is 4.90 Å².